The molecule has 3 aromatic rings. The molecule has 0 N–H and O–H groups in total. The molecule has 3 nitrogen and oxygen atoms in total. The van der Waals surface area contributed by atoms with Crippen LogP contribution in [-0.2, 0) is 9.59 Å². The molecule has 0 saturated heterocycles. The number of nitrogens with zero attached hydrogens (tertiary/aromatic N) is 1. The number of halogens is 3. The van der Waals surface area contributed by atoms with Crippen LogP contribution in [0.5, 0.6) is 0 Å². The van der Waals surface area contributed by atoms with Crippen molar-refractivity contribution >= 4 is 40.6 Å². The first-order valence-corrected chi connectivity index (χ1v) is 11.5. The maximum absolute atomic E-state index is 14.8. The Morgan fingerprint density at radius 2 is 1.58 bits per heavy atom. The smallest absolute Gasteiger partial charge is 0.232 e. The van der Waals surface area contributed by atoms with E-state index in [0.717, 1.165) is 5.56 Å². The van der Waals surface area contributed by atoms with Gasteiger partial charge in [0.2, 0.25) is 5.91 Å². The Hall–Kier alpha value is -2.95. The maximum atomic E-state index is 14.8. The lowest BCUT2D eigenvalue weighted by Gasteiger charge is -2.40. The SMILES string of the molecule is O=C1CC(c2ccccc2)CC2=C1C(c1ccc(Cl)cc1Cl)CC(=O)N2c1ccccc1F. The van der Waals surface area contributed by atoms with Crippen LogP contribution in [0.15, 0.2) is 84.1 Å². The van der Waals surface area contributed by atoms with E-state index in [2.05, 4.69) is 0 Å². The van der Waals surface area contributed by atoms with Crippen molar-refractivity contribution in [1.29, 1.82) is 0 Å². The van der Waals surface area contributed by atoms with Gasteiger partial charge in [-0.15, -0.1) is 0 Å². The van der Waals surface area contributed by atoms with Gasteiger partial charge in [-0.05, 0) is 47.7 Å². The Balaban J connectivity index is 1.69. The number of para-hydroxylation sites is 1. The van der Waals surface area contributed by atoms with Crippen molar-refractivity contribution in [2.75, 3.05) is 4.90 Å². The molecule has 33 heavy (non-hydrogen) atoms. The zero-order valence-electron chi connectivity index (χ0n) is 17.6. The summed E-state index contributed by atoms with van der Waals surface area (Å²) in [6, 6.07) is 21.0. The number of rotatable bonds is 3. The van der Waals surface area contributed by atoms with Gasteiger partial charge in [-0.3, -0.25) is 14.5 Å². The molecule has 1 amide bonds. The lowest BCUT2D eigenvalue weighted by molar-refractivity contribution is -0.120. The largest absolute Gasteiger partial charge is 0.294 e. The van der Waals surface area contributed by atoms with Crippen LogP contribution in [0.3, 0.4) is 0 Å². The molecule has 1 heterocycles. The molecular formula is C27H20Cl2FNO2. The van der Waals surface area contributed by atoms with Gasteiger partial charge >= 0.3 is 0 Å². The summed E-state index contributed by atoms with van der Waals surface area (Å²) >= 11 is 12.6. The Bertz CT molecular complexity index is 1290. The van der Waals surface area contributed by atoms with E-state index in [9.17, 15) is 14.0 Å². The minimum Gasteiger partial charge on any atom is -0.294 e. The molecule has 0 fully saturated rings. The van der Waals surface area contributed by atoms with Crippen LogP contribution in [0.2, 0.25) is 10.0 Å². The number of benzene rings is 3. The van der Waals surface area contributed by atoms with Crippen LogP contribution in [0.25, 0.3) is 0 Å². The molecule has 1 aliphatic heterocycles. The van der Waals surface area contributed by atoms with E-state index < -0.39 is 11.7 Å². The lowest BCUT2D eigenvalue weighted by atomic mass is 9.72. The molecule has 2 atom stereocenters. The molecule has 6 heteroatoms. The summed E-state index contributed by atoms with van der Waals surface area (Å²) in [5, 5.41) is 0.886. The van der Waals surface area contributed by atoms with Crippen LogP contribution >= 0.6 is 23.2 Å². The summed E-state index contributed by atoms with van der Waals surface area (Å²) in [5.74, 6) is -1.41. The second-order valence-electron chi connectivity index (χ2n) is 8.40. The highest BCUT2D eigenvalue weighted by molar-refractivity contribution is 6.35. The first-order chi connectivity index (χ1) is 15.9. The number of carbonyl (C=O) groups excluding carboxylic acids is 2. The fourth-order valence-electron chi connectivity index (χ4n) is 4.96. The number of carbonyl (C=O) groups is 2. The molecule has 2 aliphatic rings. The normalized spacial score (nSPS) is 20.8. The Labute approximate surface area is 201 Å². The Kier molecular flexibility index (Phi) is 5.81. The molecule has 166 valence electrons. The summed E-state index contributed by atoms with van der Waals surface area (Å²) < 4.78 is 14.8. The number of Topliss-reactive ketones (excluding diaryl/α,β-unsaturated/α-hetero) is 1. The van der Waals surface area contributed by atoms with Gasteiger partial charge in [0, 0.05) is 40.1 Å². The minimum absolute atomic E-state index is 0.0241. The summed E-state index contributed by atoms with van der Waals surface area (Å²) in [7, 11) is 0. The zero-order chi connectivity index (χ0) is 23.1. The van der Waals surface area contributed by atoms with E-state index in [1.54, 1.807) is 36.4 Å². The van der Waals surface area contributed by atoms with Crippen LogP contribution in [0.1, 0.15) is 42.2 Å². The molecule has 0 spiro atoms. The van der Waals surface area contributed by atoms with E-state index in [1.807, 2.05) is 30.3 Å². The number of hydrogen-bond donors (Lipinski definition) is 0. The number of anilines is 1. The van der Waals surface area contributed by atoms with Crippen molar-refractivity contribution in [3.8, 4) is 0 Å². The average Bonchev–Trinajstić information content (AvgIpc) is 2.80. The predicted molar refractivity (Wildman–Crippen MR) is 128 cm³/mol. The number of allylic oxidation sites excluding steroid dienone is 2. The van der Waals surface area contributed by atoms with Gasteiger partial charge in [0.25, 0.3) is 0 Å². The van der Waals surface area contributed by atoms with Gasteiger partial charge in [-0.2, -0.15) is 0 Å². The second-order valence-corrected chi connectivity index (χ2v) is 9.25. The van der Waals surface area contributed by atoms with Crippen LogP contribution in [-0.4, -0.2) is 11.7 Å². The minimum atomic E-state index is -0.505. The van der Waals surface area contributed by atoms with Gasteiger partial charge in [0.1, 0.15) is 5.82 Å². The average molecular weight is 480 g/mol. The molecular weight excluding hydrogens is 460 g/mol. The molecule has 0 aromatic heterocycles. The first-order valence-electron chi connectivity index (χ1n) is 10.8. The monoisotopic (exact) mass is 479 g/mol. The molecule has 0 saturated carbocycles. The topological polar surface area (TPSA) is 37.4 Å². The summed E-state index contributed by atoms with van der Waals surface area (Å²) in [5.41, 5.74) is 2.95. The fraction of sp³-hybridized carbons (Fsp3) is 0.185. The number of ketones is 1. The third-order valence-electron chi connectivity index (χ3n) is 6.43. The zero-order valence-corrected chi connectivity index (χ0v) is 19.1. The Morgan fingerprint density at radius 3 is 2.30 bits per heavy atom. The predicted octanol–water partition coefficient (Wildman–Crippen LogP) is 7.05. The molecule has 0 bridgehead atoms. The summed E-state index contributed by atoms with van der Waals surface area (Å²) in [6.07, 6.45) is 0.799. The van der Waals surface area contributed by atoms with Crippen molar-refractivity contribution < 1.29 is 14.0 Å². The molecule has 1 aliphatic carbocycles. The highest BCUT2D eigenvalue weighted by atomic mass is 35.5. The van der Waals surface area contributed by atoms with Crippen LogP contribution in [0.4, 0.5) is 10.1 Å². The molecule has 5 rings (SSSR count). The first kappa shape index (κ1) is 21.9. The second kappa shape index (κ2) is 8.77. The third-order valence-corrected chi connectivity index (χ3v) is 6.99. The fourth-order valence-corrected chi connectivity index (χ4v) is 5.50. The van der Waals surface area contributed by atoms with E-state index >= 15 is 0 Å². The highest BCUT2D eigenvalue weighted by Gasteiger charge is 2.43. The van der Waals surface area contributed by atoms with Crippen molar-refractivity contribution in [3.05, 3.63) is 111 Å². The van der Waals surface area contributed by atoms with E-state index in [-0.39, 0.29) is 29.7 Å². The standard InChI is InChI=1S/C27H20Cl2FNO2/c28-18-10-11-19(21(29)14-18)20-15-26(33)31(23-9-5-4-8-22(23)30)24-12-17(13-25(32)27(20)24)16-6-2-1-3-7-16/h1-11,14,17,20H,12-13,15H2. The maximum Gasteiger partial charge on any atom is 0.232 e. The summed E-state index contributed by atoms with van der Waals surface area (Å²) in [6.45, 7) is 0. The van der Waals surface area contributed by atoms with E-state index in [0.29, 0.717) is 39.7 Å². The quantitative estimate of drug-likeness (QED) is 0.403. The highest BCUT2D eigenvalue weighted by Crippen LogP contribution is 2.48. The lowest BCUT2D eigenvalue weighted by Crippen LogP contribution is -2.42. The number of hydrogen-bond acceptors (Lipinski definition) is 2. The van der Waals surface area contributed by atoms with Gasteiger partial charge in [-0.25, -0.2) is 4.39 Å². The molecule has 3 aromatic carbocycles. The van der Waals surface area contributed by atoms with Crippen molar-refractivity contribution in [2.24, 2.45) is 0 Å². The van der Waals surface area contributed by atoms with Gasteiger partial charge in [0.05, 0.1) is 5.69 Å². The van der Waals surface area contributed by atoms with Crippen molar-refractivity contribution in [3.63, 3.8) is 0 Å². The van der Waals surface area contributed by atoms with Crippen molar-refractivity contribution in [1.82, 2.24) is 0 Å². The van der Waals surface area contributed by atoms with E-state index in [4.69, 9.17) is 23.2 Å². The Morgan fingerprint density at radius 1 is 0.848 bits per heavy atom. The number of amides is 1. The third kappa shape index (κ3) is 3.98. The van der Waals surface area contributed by atoms with Crippen molar-refractivity contribution in [2.45, 2.75) is 31.1 Å². The molecule has 0 radical (unpaired) electrons. The molecule has 2 unspecified atom stereocenters. The van der Waals surface area contributed by atoms with Gasteiger partial charge < -0.3 is 0 Å². The van der Waals surface area contributed by atoms with Crippen LogP contribution < -0.4 is 4.90 Å². The van der Waals surface area contributed by atoms with Gasteiger partial charge in [0.15, 0.2) is 5.78 Å². The summed E-state index contributed by atoms with van der Waals surface area (Å²) in [4.78, 5) is 28.4. The van der Waals surface area contributed by atoms with Gasteiger partial charge in [-0.1, -0.05) is 71.7 Å². The van der Waals surface area contributed by atoms with Crippen LogP contribution in [0, 0.1) is 5.82 Å². The van der Waals surface area contributed by atoms with E-state index in [1.165, 1.54) is 11.0 Å².